The molecule has 1 aliphatic carbocycles. The van der Waals surface area contributed by atoms with Crippen molar-refractivity contribution in [3.8, 4) is 5.75 Å². The van der Waals surface area contributed by atoms with Gasteiger partial charge in [-0.05, 0) is 80.1 Å². The molecule has 0 spiro atoms. The van der Waals surface area contributed by atoms with Crippen LogP contribution in [0, 0.1) is 18.7 Å². The van der Waals surface area contributed by atoms with Gasteiger partial charge in [0.1, 0.15) is 29.4 Å². The van der Waals surface area contributed by atoms with Crippen LogP contribution in [-0.2, 0) is 22.6 Å². The number of rotatable bonds is 10. The minimum absolute atomic E-state index is 0.225. The standard InChI is InChI=1S/C34H42FNO3/c1-24-9-7-8-12-27(24)23-38-33-32(37-20-19-25-10-5-4-6-11-25)30-21-29(17-18-31(30)39-34(33,2)3)36-22-26-13-15-28(35)16-14-26/h7-9,12-18,21,25,32-33,36H,4-6,10-11,19-20,22-23H2,1-3H3. The molecule has 3 aromatic rings. The Morgan fingerprint density at radius 2 is 1.72 bits per heavy atom. The molecule has 3 aromatic carbocycles. The molecule has 5 heteroatoms. The van der Waals surface area contributed by atoms with E-state index < -0.39 is 5.60 Å². The highest BCUT2D eigenvalue weighted by molar-refractivity contribution is 5.54. The fraction of sp³-hybridized carbons (Fsp3) is 0.471. The Bertz CT molecular complexity index is 1220. The Morgan fingerprint density at radius 3 is 2.49 bits per heavy atom. The molecule has 1 N–H and O–H groups in total. The van der Waals surface area contributed by atoms with E-state index in [0.717, 1.165) is 34.9 Å². The summed E-state index contributed by atoms with van der Waals surface area (Å²) in [6, 6.07) is 21.1. The van der Waals surface area contributed by atoms with E-state index in [2.05, 4.69) is 56.4 Å². The molecular weight excluding hydrogens is 489 g/mol. The monoisotopic (exact) mass is 531 g/mol. The highest BCUT2D eigenvalue weighted by Gasteiger charge is 2.45. The van der Waals surface area contributed by atoms with Crippen molar-refractivity contribution < 1.29 is 18.6 Å². The van der Waals surface area contributed by atoms with Crippen molar-refractivity contribution in [2.45, 2.75) is 90.3 Å². The number of ether oxygens (including phenoxy) is 3. The summed E-state index contributed by atoms with van der Waals surface area (Å²) in [5.41, 5.74) is 4.83. The highest BCUT2D eigenvalue weighted by Crippen LogP contribution is 2.45. The minimum Gasteiger partial charge on any atom is -0.485 e. The van der Waals surface area contributed by atoms with Crippen molar-refractivity contribution >= 4 is 5.69 Å². The van der Waals surface area contributed by atoms with Crippen molar-refractivity contribution in [1.29, 1.82) is 0 Å². The largest absolute Gasteiger partial charge is 0.485 e. The van der Waals surface area contributed by atoms with Crippen LogP contribution in [0.3, 0.4) is 0 Å². The second kappa shape index (κ2) is 12.5. The maximum Gasteiger partial charge on any atom is 0.132 e. The molecule has 0 saturated heterocycles. The van der Waals surface area contributed by atoms with Gasteiger partial charge in [0.25, 0.3) is 0 Å². The zero-order chi connectivity index (χ0) is 27.2. The lowest BCUT2D eigenvalue weighted by Gasteiger charge is -2.44. The molecule has 208 valence electrons. The van der Waals surface area contributed by atoms with Gasteiger partial charge < -0.3 is 19.5 Å². The third-order valence-corrected chi connectivity index (χ3v) is 8.29. The number of hydrogen-bond donors (Lipinski definition) is 1. The van der Waals surface area contributed by atoms with Gasteiger partial charge in [-0.3, -0.25) is 0 Å². The van der Waals surface area contributed by atoms with Gasteiger partial charge in [-0.2, -0.15) is 0 Å². The smallest absolute Gasteiger partial charge is 0.132 e. The average Bonchev–Trinajstić information content (AvgIpc) is 2.93. The molecule has 1 saturated carbocycles. The van der Waals surface area contributed by atoms with Gasteiger partial charge in [0, 0.05) is 24.4 Å². The number of halogens is 1. The molecule has 0 radical (unpaired) electrons. The predicted molar refractivity (Wildman–Crippen MR) is 155 cm³/mol. The van der Waals surface area contributed by atoms with Crippen LogP contribution >= 0.6 is 0 Å². The number of fused-ring (bicyclic) bond motifs is 1. The van der Waals surface area contributed by atoms with Crippen molar-refractivity contribution in [3.05, 3.63) is 94.8 Å². The number of benzene rings is 3. The van der Waals surface area contributed by atoms with Gasteiger partial charge in [-0.15, -0.1) is 0 Å². The molecular formula is C34H42FNO3. The number of anilines is 1. The molecule has 39 heavy (non-hydrogen) atoms. The summed E-state index contributed by atoms with van der Waals surface area (Å²) in [6.45, 7) is 8.12. The summed E-state index contributed by atoms with van der Waals surface area (Å²) in [7, 11) is 0. The SMILES string of the molecule is Cc1ccccc1COC1C(OCCC2CCCCC2)c2cc(NCc3ccc(F)cc3)ccc2OC1(C)C. The van der Waals surface area contributed by atoms with E-state index in [4.69, 9.17) is 14.2 Å². The quantitative estimate of drug-likeness (QED) is 0.285. The van der Waals surface area contributed by atoms with Gasteiger partial charge in [0.15, 0.2) is 0 Å². The van der Waals surface area contributed by atoms with Gasteiger partial charge in [-0.25, -0.2) is 4.39 Å². The molecule has 0 amide bonds. The van der Waals surface area contributed by atoms with Crippen LogP contribution in [0.1, 0.15) is 80.7 Å². The average molecular weight is 532 g/mol. The molecule has 2 aliphatic rings. The summed E-state index contributed by atoms with van der Waals surface area (Å²) >= 11 is 0. The second-order valence-corrected chi connectivity index (χ2v) is 11.7. The molecule has 2 unspecified atom stereocenters. The third kappa shape index (κ3) is 7.01. The van der Waals surface area contributed by atoms with E-state index in [9.17, 15) is 4.39 Å². The summed E-state index contributed by atoms with van der Waals surface area (Å²) in [5.74, 6) is 1.36. The molecule has 0 bridgehead atoms. The zero-order valence-corrected chi connectivity index (χ0v) is 23.5. The van der Waals surface area contributed by atoms with Crippen LogP contribution in [0.5, 0.6) is 5.75 Å². The highest BCUT2D eigenvalue weighted by atomic mass is 19.1. The fourth-order valence-electron chi connectivity index (χ4n) is 5.90. The molecule has 2 atom stereocenters. The maximum absolute atomic E-state index is 13.3. The van der Waals surface area contributed by atoms with Crippen molar-refractivity contribution in [3.63, 3.8) is 0 Å². The summed E-state index contributed by atoms with van der Waals surface area (Å²) < 4.78 is 33.3. The van der Waals surface area contributed by atoms with Crippen LogP contribution in [0.2, 0.25) is 0 Å². The third-order valence-electron chi connectivity index (χ3n) is 8.29. The fourth-order valence-corrected chi connectivity index (χ4v) is 5.90. The molecule has 5 rings (SSSR count). The Balaban J connectivity index is 1.37. The first-order valence-electron chi connectivity index (χ1n) is 14.5. The van der Waals surface area contributed by atoms with Crippen molar-refractivity contribution in [2.75, 3.05) is 11.9 Å². The minimum atomic E-state index is -0.561. The van der Waals surface area contributed by atoms with E-state index in [1.54, 1.807) is 12.1 Å². The summed E-state index contributed by atoms with van der Waals surface area (Å²) in [6.07, 6.45) is 7.22. The lowest BCUT2D eigenvalue weighted by Crippen LogP contribution is -2.51. The topological polar surface area (TPSA) is 39.7 Å². The van der Waals surface area contributed by atoms with Gasteiger partial charge in [-0.1, -0.05) is 68.5 Å². The van der Waals surface area contributed by atoms with Gasteiger partial charge in [0.2, 0.25) is 0 Å². The second-order valence-electron chi connectivity index (χ2n) is 11.7. The van der Waals surface area contributed by atoms with Crippen LogP contribution in [-0.4, -0.2) is 18.3 Å². The first-order chi connectivity index (χ1) is 18.9. The van der Waals surface area contributed by atoms with E-state index >= 15 is 0 Å². The van der Waals surface area contributed by atoms with E-state index in [0.29, 0.717) is 19.8 Å². The predicted octanol–water partition coefficient (Wildman–Crippen LogP) is 8.53. The molecule has 1 aliphatic heterocycles. The van der Waals surface area contributed by atoms with Crippen LogP contribution in [0.15, 0.2) is 66.7 Å². The Labute approximate surface area is 232 Å². The summed E-state index contributed by atoms with van der Waals surface area (Å²) in [5, 5.41) is 3.49. The first kappa shape index (κ1) is 27.7. The number of hydrogen-bond acceptors (Lipinski definition) is 4. The van der Waals surface area contributed by atoms with E-state index in [1.807, 2.05) is 12.1 Å². The Morgan fingerprint density at radius 1 is 0.949 bits per heavy atom. The normalized spacial score (nSPS) is 20.7. The zero-order valence-electron chi connectivity index (χ0n) is 23.5. The number of aryl methyl sites for hydroxylation is 1. The van der Waals surface area contributed by atoms with Crippen LogP contribution < -0.4 is 10.1 Å². The molecule has 4 nitrogen and oxygen atoms in total. The maximum atomic E-state index is 13.3. The number of nitrogens with one attached hydrogen (secondary N) is 1. The molecule has 1 heterocycles. The van der Waals surface area contributed by atoms with Crippen LogP contribution in [0.4, 0.5) is 10.1 Å². The Hall–Kier alpha value is -2.89. The van der Waals surface area contributed by atoms with Crippen molar-refractivity contribution in [2.24, 2.45) is 5.92 Å². The first-order valence-corrected chi connectivity index (χ1v) is 14.5. The lowest BCUT2D eigenvalue weighted by atomic mass is 9.86. The summed E-state index contributed by atoms with van der Waals surface area (Å²) in [4.78, 5) is 0. The Kier molecular flexibility index (Phi) is 8.89. The molecule has 0 aromatic heterocycles. The molecule has 1 fully saturated rings. The van der Waals surface area contributed by atoms with E-state index in [1.165, 1.54) is 55.4 Å². The van der Waals surface area contributed by atoms with Gasteiger partial charge in [0.05, 0.1) is 6.61 Å². The van der Waals surface area contributed by atoms with E-state index in [-0.39, 0.29) is 18.0 Å². The lowest BCUT2D eigenvalue weighted by molar-refractivity contribution is -0.168. The van der Waals surface area contributed by atoms with Crippen LogP contribution in [0.25, 0.3) is 0 Å². The van der Waals surface area contributed by atoms with Crippen molar-refractivity contribution in [1.82, 2.24) is 0 Å². The van der Waals surface area contributed by atoms with Gasteiger partial charge >= 0.3 is 0 Å².